The Labute approximate surface area is 74.8 Å². The van der Waals surface area contributed by atoms with Crippen molar-refractivity contribution in [3.05, 3.63) is 5.82 Å². The van der Waals surface area contributed by atoms with Crippen LogP contribution in [-0.4, -0.2) is 25.0 Å². The van der Waals surface area contributed by atoms with Crippen molar-refractivity contribution >= 4 is 17.0 Å². The topological polar surface area (TPSA) is 82.5 Å². The Bertz CT molecular complexity index is 445. The van der Waals surface area contributed by atoms with Crippen molar-refractivity contribution in [1.82, 2.24) is 25.0 Å². The van der Waals surface area contributed by atoms with Crippen LogP contribution in [0.2, 0.25) is 0 Å². The lowest BCUT2D eigenvalue weighted by Gasteiger charge is -1.97. The van der Waals surface area contributed by atoms with Crippen LogP contribution in [-0.2, 0) is 6.54 Å². The molecule has 68 valence electrons. The SMILES string of the molecule is CCn1nnc2c(N)nc(C)nc21. The van der Waals surface area contributed by atoms with Crippen molar-refractivity contribution in [3.63, 3.8) is 0 Å². The van der Waals surface area contributed by atoms with Gasteiger partial charge in [0.2, 0.25) is 0 Å². The van der Waals surface area contributed by atoms with Crippen molar-refractivity contribution < 1.29 is 0 Å². The summed E-state index contributed by atoms with van der Waals surface area (Å²) < 4.78 is 1.69. The summed E-state index contributed by atoms with van der Waals surface area (Å²) in [4.78, 5) is 8.21. The zero-order chi connectivity index (χ0) is 9.42. The average Bonchev–Trinajstić information content (AvgIpc) is 2.47. The standard InChI is InChI=1S/C7H10N6/c1-3-13-7-5(11-12-13)6(8)9-4(2)10-7/h3H2,1-2H3,(H2,8,9,10). The molecule has 0 fully saturated rings. The van der Waals surface area contributed by atoms with E-state index >= 15 is 0 Å². The summed E-state index contributed by atoms with van der Waals surface area (Å²) in [5, 5.41) is 7.79. The number of nitrogens with zero attached hydrogens (tertiary/aromatic N) is 5. The summed E-state index contributed by atoms with van der Waals surface area (Å²) in [7, 11) is 0. The van der Waals surface area contributed by atoms with E-state index in [0.29, 0.717) is 22.8 Å². The first-order chi connectivity index (χ1) is 6.22. The van der Waals surface area contributed by atoms with Gasteiger partial charge in [0.1, 0.15) is 5.82 Å². The van der Waals surface area contributed by atoms with Gasteiger partial charge in [0.25, 0.3) is 0 Å². The van der Waals surface area contributed by atoms with Crippen molar-refractivity contribution in [2.75, 3.05) is 5.73 Å². The Morgan fingerprint density at radius 1 is 1.38 bits per heavy atom. The van der Waals surface area contributed by atoms with E-state index in [0.717, 1.165) is 6.54 Å². The molecule has 2 N–H and O–H groups in total. The summed E-state index contributed by atoms with van der Waals surface area (Å²) >= 11 is 0. The fourth-order valence-electron chi connectivity index (χ4n) is 1.20. The molecule has 2 aromatic heterocycles. The number of anilines is 1. The van der Waals surface area contributed by atoms with Crippen LogP contribution >= 0.6 is 0 Å². The first kappa shape index (κ1) is 7.90. The molecule has 0 aromatic carbocycles. The van der Waals surface area contributed by atoms with E-state index in [9.17, 15) is 0 Å². The van der Waals surface area contributed by atoms with E-state index in [2.05, 4.69) is 20.3 Å². The predicted molar refractivity (Wildman–Crippen MR) is 47.9 cm³/mol. The molecule has 0 bridgehead atoms. The fraction of sp³-hybridized carbons (Fsp3) is 0.429. The molecule has 0 amide bonds. The third-order valence-corrected chi connectivity index (χ3v) is 1.80. The molecule has 2 rings (SSSR count). The van der Waals surface area contributed by atoms with Crippen LogP contribution < -0.4 is 5.73 Å². The summed E-state index contributed by atoms with van der Waals surface area (Å²) in [6, 6.07) is 0. The molecule has 0 aliphatic heterocycles. The molecular weight excluding hydrogens is 168 g/mol. The first-order valence-corrected chi connectivity index (χ1v) is 4.05. The summed E-state index contributed by atoms with van der Waals surface area (Å²) in [6.45, 7) is 4.50. The fourth-order valence-corrected chi connectivity index (χ4v) is 1.20. The maximum Gasteiger partial charge on any atom is 0.184 e. The summed E-state index contributed by atoms with van der Waals surface area (Å²) in [5.41, 5.74) is 6.94. The van der Waals surface area contributed by atoms with Crippen LogP contribution in [0, 0.1) is 6.92 Å². The zero-order valence-corrected chi connectivity index (χ0v) is 7.52. The molecule has 0 aliphatic carbocycles. The number of nitrogens with two attached hydrogens (primary N) is 1. The van der Waals surface area contributed by atoms with Crippen LogP contribution in [0.5, 0.6) is 0 Å². The van der Waals surface area contributed by atoms with Crippen LogP contribution in [0.1, 0.15) is 12.7 Å². The van der Waals surface area contributed by atoms with Gasteiger partial charge in [0.15, 0.2) is 17.0 Å². The van der Waals surface area contributed by atoms with Crippen LogP contribution in [0.25, 0.3) is 11.2 Å². The van der Waals surface area contributed by atoms with E-state index in [1.165, 1.54) is 0 Å². The van der Waals surface area contributed by atoms with Gasteiger partial charge in [-0.25, -0.2) is 14.6 Å². The van der Waals surface area contributed by atoms with Crippen molar-refractivity contribution in [2.24, 2.45) is 0 Å². The normalized spacial score (nSPS) is 10.9. The Kier molecular flexibility index (Phi) is 1.61. The van der Waals surface area contributed by atoms with Gasteiger partial charge in [0, 0.05) is 6.54 Å². The van der Waals surface area contributed by atoms with E-state index in [1.807, 2.05) is 6.92 Å². The highest BCUT2D eigenvalue weighted by Gasteiger charge is 2.09. The molecule has 0 atom stereocenters. The van der Waals surface area contributed by atoms with Crippen molar-refractivity contribution in [2.45, 2.75) is 20.4 Å². The van der Waals surface area contributed by atoms with Gasteiger partial charge >= 0.3 is 0 Å². The maximum absolute atomic E-state index is 5.66. The number of rotatable bonds is 1. The highest BCUT2D eigenvalue weighted by molar-refractivity contribution is 5.80. The van der Waals surface area contributed by atoms with E-state index in [4.69, 9.17) is 5.73 Å². The number of hydrogen-bond donors (Lipinski definition) is 1. The number of hydrogen-bond acceptors (Lipinski definition) is 5. The molecule has 0 aliphatic rings. The number of aromatic nitrogens is 5. The van der Waals surface area contributed by atoms with Crippen molar-refractivity contribution in [3.8, 4) is 0 Å². The van der Waals surface area contributed by atoms with Crippen LogP contribution in [0.15, 0.2) is 0 Å². The first-order valence-electron chi connectivity index (χ1n) is 4.05. The molecule has 0 saturated carbocycles. The number of fused-ring (bicyclic) bond motifs is 1. The molecule has 0 unspecified atom stereocenters. The Balaban J connectivity index is 2.82. The quantitative estimate of drug-likeness (QED) is 0.671. The number of nitrogen functional groups attached to an aromatic ring is 1. The predicted octanol–water partition coefficient (Wildman–Crippen LogP) is 0.132. The molecule has 0 spiro atoms. The second kappa shape index (κ2) is 2.65. The van der Waals surface area contributed by atoms with Crippen molar-refractivity contribution in [1.29, 1.82) is 0 Å². The van der Waals surface area contributed by atoms with Gasteiger partial charge in [-0.2, -0.15) is 0 Å². The lowest BCUT2D eigenvalue weighted by molar-refractivity contribution is 0.640. The maximum atomic E-state index is 5.66. The smallest absolute Gasteiger partial charge is 0.184 e. The van der Waals surface area contributed by atoms with Crippen LogP contribution in [0.3, 0.4) is 0 Å². The van der Waals surface area contributed by atoms with Crippen LogP contribution in [0.4, 0.5) is 5.82 Å². The Morgan fingerprint density at radius 3 is 2.85 bits per heavy atom. The second-order valence-corrected chi connectivity index (χ2v) is 2.73. The third kappa shape index (κ3) is 1.10. The lowest BCUT2D eigenvalue weighted by atomic mass is 10.5. The largest absolute Gasteiger partial charge is 0.382 e. The molecular formula is C7H10N6. The van der Waals surface area contributed by atoms with Gasteiger partial charge in [0.05, 0.1) is 0 Å². The monoisotopic (exact) mass is 178 g/mol. The summed E-state index contributed by atoms with van der Waals surface area (Å²) in [6.07, 6.45) is 0. The Morgan fingerprint density at radius 2 is 2.15 bits per heavy atom. The van der Waals surface area contributed by atoms with E-state index in [1.54, 1.807) is 11.6 Å². The number of aryl methyl sites for hydroxylation is 2. The minimum atomic E-state index is 0.391. The van der Waals surface area contributed by atoms with E-state index in [-0.39, 0.29) is 0 Å². The molecule has 2 aromatic rings. The second-order valence-electron chi connectivity index (χ2n) is 2.73. The highest BCUT2D eigenvalue weighted by atomic mass is 15.4. The summed E-state index contributed by atoms with van der Waals surface area (Å²) in [5.74, 6) is 1.03. The molecule has 13 heavy (non-hydrogen) atoms. The molecule has 6 heteroatoms. The molecule has 2 heterocycles. The zero-order valence-electron chi connectivity index (χ0n) is 7.52. The van der Waals surface area contributed by atoms with E-state index < -0.39 is 0 Å². The minimum Gasteiger partial charge on any atom is -0.382 e. The van der Waals surface area contributed by atoms with Gasteiger partial charge in [-0.3, -0.25) is 0 Å². The van der Waals surface area contributed by atoms with Gasteiger partial charge in [-0.1, -0.05) is 5.21 Å². The average molecular weight is 178 g/mol. The highest BCUT2D eigenvalue weighted by Crippen LogP contribution is 2.13. The molecule has 6 nitrogen and oxygen atoms in total. The Hall–Kier alpha value is -1.72. The van der Waals surface area contributed by atoms with Gasteiger partial charge in [-0.05, 0) is 13.8 Å². The molecule has 0 saturated heterocycles. The lowest BCUT2D eigenvalue weighted by Crippen LogP contribution is -2.01. The van der Waals surface area contributed by atoms with Gasteiger partial charge in [-0.15, -0.1) is 5.10 Å². The minimum absolute atomic E-state index is 0.391. The molecule has 0 radical (unpaired) electrons. The third-order valence-electron chi connectivity index (χ3n) is 1.80. The van der Waals surface area contributed by atoms with Gasteiger partial charge < -0.3 is 5.73 Å².